The van der Waals surface area contributed by atoms with Crippen molar-refractivity contribution in [2.24, 2.45) is 0 Å². The van der Waals surface area contributed by atoms with Crippen LogP contribution in [0, 0.1) is 12.7 Å². The second-order valence-electron chi connectivity index (χ2n) is 8.18. The molecule has 1 aliphatic rings. The number of rotatable bonds is 5. The number of nitrogens with one attached hydrogen (secondary N) is 1. The molecule has 5 rings (SSSR count). The van der Waals surface area contributed by atoms with Gasteiger partial charge >= 0.3 is 0 Å². The summed E-state index contributed by atoms with van der Waals surface area (Å²) in [5, 5.41) is 4.42. The minimum absolute atomic E-state index is 0.228. The summed E-state index contributed by atoms with van der Waals surface area (Å²) in [6.45, 7) is 6.27. The second-order valence-corrected chi connectivity index (χ2v) is 8.18. The van der Waals surface area contributed by atoms with Crippen molar-refractivity contribution in [3.8, 4) is 0 Å². The Kier molecular flexibility index (Phi) is 5.58. The lowest BCUT2D eigenvalue weighted by molar-refractivity contribution is 0.627. The fraction of sp³-hybridized carbons (Fsp3) is 0.231. The predicted molar refractivity (Wildman–Crippen MR) is 129 cm³/mol. The molecule has 5 nitrogen and oxygen atoms in total. The highest BCUT2D eigenvalue weighted by Crippen LogP contribution is 2.25. The normalized spacial score (nSPS) is 14.1. The molecule has 1 fully saturated rings. The number of benzene rings is 3. The number of nitrogens with zero attached hydrogens (tertiary/aromatic N) is 4. The first-order chi connectivity index (χ1) is 15.7. The SMILES string of the molecule is Cc1ccc(N2CCN(c3nc(NCc4ccc(F)cc4)c4ccccc4n3)CC2)cc1. The van der Waals surface area contributed by atoms with Crippen LogP contribution in [0.2, 0.25) is 0 Å². The molecule has 0 saturated carbocycles. The number of aromatic nitrogens is 2. The van der Waals surface area contributed by atoms with Crippen LogP contribution in [0.25, 0.3) is 10.9 Å². The van der Waals surface area contributed by atoms with Crippen LogP contribution in [-0.2, 0) is 6.54 Å². The summed E-state index contributed by atoms with van der Waals surface area (Å²) >= 11 is 0. The van der Waals surface area contributed by atoms with Crippen LogP contribution < -0.4 is 15.1 Å². The fourth-order valence-electron chi connectivity index (χ4n) is 4.05. The summed E-state index contributed by atoms with van der Waals surface area (Å²) in [7, 11) is 0. The summed E-state index contributed by atoms with van der Waals surface area (Å²) < 4.78 is 13.2. The van der Waals surface area contributed by atoms with E-state index in [1.165, 1.54) is 23.4 Å². The molecule has 0 aliphatic carbocycles. The van der Waals surface area contributed by atoms with Gasteiger partial charge in [-0.3, -0.25) is 0 Å². The van der Waals surface area contributed by atoms with Gasteiger partial charge in [-0.1, -0.05) is 42.0 Å². The molecule has 2 heterocycles. The van der Waals surface area contributed by atoms with Crippen LogP contribution in [-0.4, -0.2) is 36.1 Å². The van der Waals surface area contributed by atoms with Gasteiger partial charge in [-0.2, -0.15) is 4.98 Å². The predicted octanol–water partition coefficient (Wildman–Crippen LogP) is 5.02. The largest absolute Gasteiger partial charge is 0.368 e. The maximum atomic E-state index is 13.2. The Hall–Kier alpha value is -3.67. The first-order valence-corrected chi connectivity index (χ1v) is 11.0. The Bertz CT molecular complexity index is 1200. The summed E-state index contributed by atoms with van der Waals surface area (Å²) in [6, 6.07) is 23.3. The van der Waals surface area contributed by atoms with Gasteiger partial charge in [0.05, 0.1) is 5.52 Å². The smallest absolute Gasteiger partial charge is 0.228 e. The topological polar surface area (TPSA) is 44.3 Å². The molecular formula is C26H26FN5. The molecular weight excluding hydrogens is 401 g/mol. The number of anilines is 3. The van der Waals surface area contributed by atoms with Gasteiger partial charge in [0.15, 0.2) is 0 Å². The maximum Gasteiger partial charge on any atom is 0.228 e. The Morgan fingerprint density at radius 3 is 2.25 bits per heavy atom. The lowest BCUT2D eigenvalue weighted by atomic mass is 10.2. The van der Waals surface area contributed by atoms with Gasteiger partial charge in [0.25, 0.3) is 0 Å². The van der Waals surface area contributed by atoms with E-state index in [0.717, 1.165) is 54.4 Å². The highest BCUT2D eigenvalue weighted by molar-refractivity contribution is 5.90. The number of hydrogen-bond acceptors (Lipinski definition) is 5. The van der Waals surface area contributed by atoms with Crippen molar-refractivity contribution in [1.29, 1.82) is 0 Å². The minimum atomic E-state index is -0.228. The number of aryl methyl sites for hydroxylation is 1. The summed E-state index contributed by atoms with van der Waals surface area (Å²) in [4.78, 5) is 14.4. The molecule has 1 aliphatic heterocycles. The zero-order valence-electron chi connectivity index (χ0n) is 18.1. The number of halogens is 1. The van der Waals surface area contributed by atoms with Gasteiger partial charge < -0.3 is 15.1 Å². The molecule has 0 spiro atoms. The zero-order chi connectivity index (χ0) is 21.9. The van der Waals surface area contributed by atoms with Crippen LogP contribution in [0.4, 0.5) is 21.8 Å². The summed E-state index contributed by atoms with van der Waals surface area (Å²) in [5.74, 6) is 1.32. The summed E-state index contributed by atoms with van der Waals surface area (Å²) in [5.41, 5.74) is 4.45. The average Bonchev–Trinajstić information content (AvgIpc) is 2.84. The number of fused-ring (bicyclic) bond motifs is 1. The third-order valence-electron chi connectivity index (χ3n) is 5.93. The van der Waals surface area contributed by atoms with E-state index in [4.69, 9.17) is 9.97 Å². The first-order valence-electron chi connectivity index (χ1n) is 11.0. The maximum absolute atomic E-state index is 13.2. The van der Waals surface area contributed by atoms with E-state index < -0.39 is 0 Å². The van der Waals surface area contributed by atoms with Crippen LogP contribution in [0.3, 0.4) is 0 Å². The molecule has 1 aromatic heterocycles. The second kappa shape index (κ2) is 8.83. The lowest BCUT2D eigenvalue weighted by Crippen LogP contribution is -2.47. The van der Waals surface area contributed by atoms with Crippen molar-refractivity contribution in [2.75, 3.05) is 41.3 Å². The van der Waals surface area contributed by atoms with E-state index in [0.29, 0.717) is 6.54 Å². The quantitative estimate of drug-likeness (QED) is 0.485. The molecule has 0 radical (unpaired) electrons. The molecule has 3 aromatic carbocycles. The van der Waals surface area contributed by atoms with Gasteiger partial charge in [-0.05, 0) is 48.9 Å². The van der Waals surface area contributed by atoms with Gasteiger partial charge in [0.1, 0.15) is 11.6 Å². The van der Waals surface area contributed by atoms with Crippen LogP contribution in [0.15, 0.2) is 72.8 Å². The molecule has 0 unspecified atom stereocenters. The van der Waals surface area contributed by atoms with Gasteiger partial charge in [-0.25, -0.2) is 9.37 Å². The Morgan fingerprint density at radius 2 is 1.50 bits per heavy atom. The van der Waals surface area contributed by atoms with E-state index in [1.54, 1.807) is 12.1 Å². The van der Waals surface area contributed by atoms with Crippen molar-refractivity contribution in [3.63, 3.8) is 0 Å². The first kappa shape index (κ1) is 20.2. The highest BCUT2D eigenvalue weighted by Gasteiger charge is 2.20. The van der Waals surface area contributed by atoms with Crippen molar-refractivity contribution in [3.05, 3.63) is 89.7 Å². The van der Waals surface area contributed by atoms with Crippen molar-refractivity contribution in [1.82, 2.24) is 9.97 Å². The molecule has 1 N–H and O–H groups in total. The Balaban J connectivity index is 1.35. The van der Waals surface area contributed by atoms with Gasteiger partial charge in [-0.15, -0.1) is 0 Å². The Morgan fingerprint density at radius 1 is 0.812 bits per heavy atom. The molecule has 0 bridgehead atoms. The average molecular weight is 428 g/mol. The molecule has 0 amide bonds. The molecule has 0 atom stereocenters. The number of piperazine rings is 1. The number of para-hydroxylation sites is 1. The van der Waals surface area contributed by atoms with E-state index in [2.05, 4.69) is 46.3 Å². The Labute approximate surface area is 187 Å². The zero-order valence-corrected chi connectivity index (χ0v) is 18.1. The highest BCUT2D eigenvalue weighted by atomic mass is 19.1. The third kappa shape index (κ3) is 4.35. The third-order valence-corrected chi connectivity index (χ3v) is 5.93. The van der Waals surface area contributed by atoms with Crippen molar-refractivity contribution >= 4 is 28.4 Å². The molecule has 32 heavy (non-hydrogen) atoms. The van der Waals surface area contributed by atoms with Gasteiger partial charge in [0.2, 0.25) is 5.95 Å². The van der Waals surface area contributed by atoms with E-state index in [-0.39, 0.29) is 5.82 Å². The van der Waals surface area contributed by atoms with E-state index in [1.807, 2.05) is 24.3 Å². The number of hydrogen-bond donors (Lipinski definition) is 1. The van der Waals surface area contributed by atoms with Gasteiger partial charge in [0, 0.05) is 43.8 Å². The lowest BCUT2D eigenvalue weighted by Gasteiger charge is -2.36. The molecule has 6 heteroatoms. The van der Waals surface area contributed by atoms with E-state index >= 15 is 0 Å². The summed E-state index contributed by atoms with van der Waals surface area (Å²) in [6.07, 6.45) is 0. The fourth-order valence-corrected chi connectivity index (χ4v) is 4.05. The minimum Gasteiger partial charge on any atom is -0.368 e. The monoisotopic (exact) mass is 427 g/mol. The van der Waals surface area contributed by atoms with E-state index in [9.17, 15) is 4.39 Å². The molecule has 162 valence electrons. The van der Waals surface area contributed by atoms with Crippen LogP contribution in [0.5, 0.6) is 0 Å². The molecule has 4 aromatic rings. The van der Waals surface area contributed by atoms with Crippen LogP contribution in [0.1, 0.15) is 11.1 Å². The molecule has 1 saturated heterocycles. The van der Waals surface area contributed by atoms with Crippen LogP contribution >= 0.6 is 0 Å². The standard InChI is InChI=1S/C26H26FN5/c1-19-6-12-22(13-7-19)31-14-16-32(17-15-31)26-29-24-5-3-2-4-23(24)25(30-26)28-18-20-8-10-21(27)11-9-20/h2-13H,14-18H2,1H3,(H,28,29,30). The van der Waals surface area contributed by atoms with Crippen molar-refractivity contribution in [2.45, 2.75) is 13.5 Å². The van der Waals surface area contributed by atoms with Crippen molar-refractivity contribution < 1.29 is 4.39 Å².